The molecule has 1 unspecified atom stereocenters. The number of likely N-dealkylation sites (tertiary alicyclic amines) is 1. The summed E-state index contributed by atoms with van der Waals surface area (Å²) in [7, 11) is 1.57. The summed E-state index contributed by atoms with van der Waals surface area (Å²) in [5.41, 5.74) is 3.14. The average Bonchev–Trinajstić information content (AvgIpc) is 3.17. The fourth-order valence-electron chi connectivity index (χ4n) is 4.90. The van der Waals surface area contributed by atoms with Crippen LogP contribution in [0.2, 0.25) is 0 Å². The van der Waals surface area contributed by atoms with Gasteiger partial charge in [-0.15, -0.1) is 0 Å². The monoisotopic (exact) mass is 522 g/mol. The maximum atomic E-state index is 13.4. The van der Waals surface area contributed by atoms with Gasteiger partial charge < -0.3 is 24.4 Å². The highest BCUT2D eigenvalue weighted by atomic mass is 16.5. The van der Waals surface area contributed by atoms with Gasteiger partial charge in [0, 0.05) is 12.1 Å². The fourth-order valence-corrected chi connectivity index (χ4v) is 4.90. The van der Waals surface area contributed by atoms with Gasteiger partial charge in [-0.1, -0.05) is 51.0 Å². The molecule has 0 bridgehead atoms. The summed E-state index contributed by atoms with van der Waals surface area (Å²) in [6.07, 6.45) is 2.65. The maximum Gasteiger partial charge on any atom is 0.295 e. The summed E-state index contributed by atoms with van der Waals surface area (Å²) < 4.78 is 11.5. The van der Waals surface area contributed by atoms with E-state index in [2.05, 4.69) is 25.7 Å². The minimum Gasteiger partial charge on any atom is -0.507 e. The second kappa shape index (κ2) is 13.5. The number of hydrogen-bond acceptors (Lipinski definition) is 6. The Morgan fingerprint density at radius 2 is 1.74 bits per heavy atom. The molecule has 1 fully saturated rings. The van der Waals surface area contributed by atoms with Crippen molar-refractivity contribution in [1.29, 1.82) is 0 Å². The predicted molar refractivity (Wildman–Crippen MR) is 151 cm³/mol. The van der Waals surface area contributed by atoms with Gasteiger partial charge in [0.1, 0.15) is 5.76 Å². The zero-order chi connectivity index (χ0) is 27.8. The molecule has 1 aliphatic rings. The van der Waals surface area contributed by atoms with Crippen molar-refractivity contribution in [3.05, 3.63) is 64.2 Å². The van der Waals surface area contributed by atoms with Gasteiger partial charge >= 0.3 is 0 Å². The third-order valence-electron chi connectivity index (χ3n) is 7.21. The van der Waals surface area contributed by atoms with Crippen LogP contribution < -0.4 is 9.47 Å². The minimum atomic E-state index is -0.731. The summed E-state index contributed by atoms with van der Waals surface area (Å²) in [5.74, 6) is -0.276. The van der Waals surface area contributed by atoms with E-state index in [1.165, 1.54) is 0 Å². The molecule has 0 aromatic heterocycles. The molecule has 0 spiro atoms. The van der Waals surface area contributed by atoms with Crippen LogP contribution in [0, 0.1) is 13.8 Å². The quantitative estimate of drug-likeness (QED) is 0.159. The smallest absolute Gasteiger partial charge is 0.295 e. The normalized spacial score (nSPS) is 16.9. The molecule has 1 saturated heterocycles. The second-order valence-corrected chi connectivity index (χ2v) is 9.80. The zero-order valence-electron chi connectivity index (χ0n) is 23.7. The third-order valence-corrected chi connectivity index (χ3v) is 7.21. The van der Waals surface area contributed by atoms with E-state index in [1.807, 2.05) is 50.2 Å². The SMILES string of the molecule is CCCCOc1ccc(C2/C(=C(\O)c3cc(C)ccc3C)C(=O)C(=O)N2CCCN(CC)CC)cc1OC. The lowest BCUT2D eigenvalue weighted by Gasteiger charge is -2.27. The summed E-state index contributed by atoms with van der Waals surface area (Å²) >= 11 is 0. The molecule has 38 heavy (non-hydrogen) atoms. The van der Waals surface area contributed by atoms with Crippen LogP contribution in [0.1, 0.15) is 68.3 Å². The van der Waals surface area contributed by atoms with Crippen molar-refractivity contribution >= 4 is 17.4 Å². The van der Waals surface area contributed by atoms with E-state index in [4.69, 9.17) is 9.47 Å². The van der Waals surface area contributed by atoms with Gasteiger partial charge in [0.25, 0.3) is 11.7 Å². The van der Waals surface area contributed by atoms with Crippen LogP contribution in [0.4, 0.5) is 0 Å². The average molecular weight is 523 g/mol. The number of benzene rings is 2. The molecule has 1 heterocycles. The standard InChI is InChI=1S/C31H42N2O5/c1-7-10-18-38-25-15-14-23(20-26(25)37-6)28-27(29(34)24-19-21(4)12-13-22(24)5)30(35)31(36)33(28)17-11-16-32(8-2)9-3/h12-15,19-20,28,34H,7-11,16-18H2,1-6H3/b29-27+. The molecular weight excluding hydrogens is 480 g/mol. The maximum absolute atomic E-state index is 13.4. The van der Waals surface area contributed by atoms with Crippen molar-refractivity contribution in [1.82, 2.24) is 9.80 Å². The van der Waals surface area contributed by atoms with Gasteiger partial charge in [-0.2, -0.15) is 0 Å². The Balaban J connectivity index is 2.10. The molecule has 1 atom stereocenters. The first kappa shape index (κ1) is 29.2. The summed E-state index contributed by atoms with van der Waals surface area (Å²) in [6.45, 7) is 13.7. The first-order valence-electron chi connectivity index (χ1n) is 13.7. The van der Waals surface area contributed by atoms with E-state index >= 15 is 0 Å². The number of ether oxygens (including phenoxy) is 2. The summed E-state index contributed by atoms with van der Waals surface area (Å²) in [4.78, 5) is 30.7. The number of methoxy groups -OCH3 is 1. The number of aliphatic hydroxyl groups excluding tert-OH is 1. The lowest BCUT2D eigenvalue weighted by molar-refractivity contribution is -0.140. The van der Waals surface area contributed by atoms with Gasteiger partial charge in [0.05, 0.1) is 25.3 Å². The van der Waals surface area contributed by atoms with Crippen LogP contribution in [-0.2, 0) is 9.59 Å². The number of aryl methyl sites for hydroxylation is 2. The number of carbonyl (C=O) groups excluding carboxylic acids is 2. The zero-order valence-corrected chi connectivity index (χ0v) is 23.7. The number of amides is 1. The van der Waals surface area contributed by atoms with Crippen LogP contribution in [0.25, 0.3) is 5.76 Å². The largest absolute Gasteiger partial charge is 0.507 e. The van der Waals surface area contributed by atoms with Crippen molar-refractivity contribution in [2.45, 2.75) is 59.9 Å². The van der Waals surface area contributed by atoms with E-state index in [0.717, 1.165) is 43.6 Å². The number of hydrogen-bond donors (Lipinski definition) is 1. The molecule has 7 heteroatoms. The van der Waals surface area contributed by atoms with Gasteiger partial charge in [0.15, 0.2) is 11.5 Å². The van der Waals surface area contributed by atoms with Crippen LogP contribution in [0.15, 0.2) is 42.0 Å². The third kappa shape index (κ3) is 6.38. The van der Waals surface area contributed by atoms with Crippen LogP contribution >= 0.6 is 0 Å². The summed E-state index contributed by atoms with van der Waals surface area (Å²) in [5, 5.41) is 11.5. The predicted octanol–water partition coefficient (Wildman–Crippen LogP) is 5.64. The molecule has 0 radical (unpaired) electrons. The number of aliphatic hydroxyl groups is 1. The van der Waals surface area contributed by atoms with Crippen molar-refractivity contribution in [3.8, 4) is 11.5 Å². The van der Waals surface area contributed by atoms with Crippen molar-refractivity contribution < 1.29 is 24.2 Å². The lowest BCUT2D eigenvalue weighted by atomic mass is 9.93. The highest BCUT2D eigenvalue weighted by molar-refractivity contribution is 6.46. The Morgan fingerprint density at radius 1 is 1.00 bits per heavy atom. The number of rotatable bonds is 13. The highest BCUT2D eigenvalue weighted by Gasteiger charge is 2.46. The molecule has 206 valence electrons. The molecule has 3 rings (SSSR count). The minimum absolute atomic E-state index is 0.105. The van der Waals surface area contributed by atoms with Crippen molar-refractivity contribution in [2.75, 3.05) is 39.9 Å². The molecule has 1 aliphatic heterocycles. The van der Waals surface area contributed by atoms with E-state index < -0.39 is 17.7 Å². The molecular formula is C31H42N2O5. The topological polar surface area (TPSA) is 79.3 Å². The Bertz CT molecular complexity index is 1170. The van der Waals surface area contributed by atoms with Crippen molar-refractivity contribution in [2.24, 2.45) is 0 Å². The first-order chi connectivity index (χ1) is 18.3. The van der Waals surface area contributed by atoms with Crippen LogP contribution in [0.3, 0.4) is 0 Å². The highest BCUT2D eigenvalue weighted by Crippen LogP contribution is 2.42. The number of unbranched alkanes of at least 4 members (excludes halogenated alkanes) is 1. The number of carbonyl (C=O) groups is 2. The fraction of sp³-hybridized carbons (Fsp3) is 0.484. The van der Waals surface area contributed by atoms with E-state index in [-0.39, 0.29) is 11.3 Å². The van der Waals surface area contributed by atoms with Crippen LogP contribution in [0.5, 0.6) is 11.5 Å². The van der Waals surface area contributed by atoms with Gasteiger partial charge in [-0.25, -0.2) is 0 Å². The molecule has 0 saturated carbocycles. The van der Waals surface area contributed by atoms with E-state index in [0.29, 0.717) is 42.2 Å². The van der Waals surface area contributed by atoms with E-state index in [1.54, 1.807) is 12.0 Å². The Labute approximate surface area is 227 Å². The van der Waals surface area contributed by atoms with Gasteiger partial charge in [0.2, 0.25) is 0 Å². The van der Waals surface area contributed by atoms with E-state index in [9.17, 15) is 14.7 Å². The lowest BCUT2D eigenvalue weighted by Crippen LogP contribution is -2.33. The van der Waals surface area contributed by atoms with Gasteiger partial charge in [-0.3, -0.25) is 9.59 Å². The molecule has 1 amide bonds. The Hall–Kier alpha value is -3.32. The molecule has 2 aromatic rings. The molecule has 7 nitrogen and oxygen atoms in total. The molecule has 0 aliphatic carbocycles. The Kier molecular flexibility index (Phi) is 10.4. The summed E-state index contributed by atoms with van der Waals surface area (Å²) in [6, 6.07) is 10.5. The number of Topliss-reactive ketones (excluding diaryl/α,β-unsaturated/α-hetero) is 1. The van der Waals surface area contributed by atoms with Gasteiger partial charge in [-0.05, 0) is 75.6 Å². The second-order valence-electron chi connectivity index (χ2n) is 9.80. The van der Waals surface area contributed by atoms with Crippen LogP contribution in [-0.4, -0.2) is 66.5 Å². The molecule has 1 N–H and O–H groups in total. The molecule has 2 aromatic carbocycles. The number of nitrogens with zero attached hydrogens (tertiary/aromatic N) is 2. The number of ketones is 1. The van der Waals surface area contributed by atoms with Crippen molar-refractivity contribution in [3.63, 3.8) is 0 Å². The Morgan fingerprint density at radius 3 is 2.39 bits per heavy atom. The first-order valence-corrected chi connectivity index (χ1v) is 13.7.